The van der Waals surface area contributed by atoms with E-state index in [4.69, 9.17) is 0 Å². The van der Waals surface area contributed by atoms with E-state index in [1.807, 2.05) is 18.7 Å². The largest absolute Gasteiger partial charge is 0.336 e. The third-order valence-electron chi connectivity index (χ3n) is 3.46. The second kappa shape index (κ2) is 6.15. The number of aromatic nitrogens is 2. The quantitative estimate of drug-likeness (QED) is 0.822. The van der Waals surface area contributed by atoms with Gasteiger partial charge in [0.25, 0.3) is 0 Å². The average Bonchev–Trinajstić information content (AvgIpc) is 2.76. The molecule has 0 fully saturated rings. The molecule has 0 saturated carbocycles. The summed E-state index contributed by atoms with van der Waals surface area (Å²) < 4.78 is 24.7. The number of hydrogen-bond acceptors (Lipinski definition) is 4. The van der Waals surface area contributed by atoms with E-state index in [1.54, 1.807) is 0 Å². The van der Waals surface area contributed by atoms with E-state index in [9.17, 15) is 13.2 Å². The van der Waals surface area contributed by atoms with Gasteiger partial charge >= 0.3 is 0 Å². The summed E-state index contributed by atoms with van der Waals surface area (Å²) >= 11 is 0. The van der Waals surface area contributed by atoms with Crippen molar-refractivity contribution in [2.75, 3.05) is 12.8 Å². The van der Waals surface area contributed by atoms with Gasteiger partial charge in [-0.1, -0.05) is 13.8 Å². The second-order valence-corrected chi connectivity index (χ2v) is 7.72. The van der Waals surface area contributed by atoms with Crippen LogP contribution in [-0.4, -0.2) is 42.2 Å². The average molecular weight is 314 g/mol. The molecular weight excluding hydrogens is 292 g/mol. The van der Waals surface area contributed by atoms with Crippen molar-refractivity contribution >= 4 is 15.9 Å². The fourth-order valence-electron chi connectivity index (χ4n) is 2.42. The molecule has 1 aliphatic rings. The van der Waals surface area contributed by atoms with E-state index < -0.39 is 10.0 Å². The summed E-state index contributed by atoms with van der Waals surface area (Å²) in [5.41, 5.74) is 2.65. The Kier molecular flexibility index (Phi) is 4.67. The smallest absolute Gasteiger partial charge is 0.223 e. The molecule has 0 bridgehead atoms. The first-order valence-corrected chi connectivity index (χ1v) is 8.93. The van der Waals surface area contributed by atoms with Gasteiger partial charge in [0.2, 0.25) is 15.9 Å². The maximum atomic E-state index is 12.1. The SMILES string of the molecule is CC(C)CC(=O)N1CCc2c(CNS(C)(=O)=O)n[nH]c2C1. The number of fused-ring (bicyclic) bond motifs is 1. The molecule has 0 spiro atoms. The van der Waals surface area contributed by atoms with Gasteiger partial charge in [0.05, 0.1) is 30.7 Å². The van der Waals surface area contributed by atoms with Crippen molar-refractivity contribution in [2.45, 2.75) is 39.8 Å². The highest BCUT2D eigenvalue weighted by Crippen LogP contribution is 2.21. The maximum absolute atomic E-state index is 12.1. The Morgan fingerprint density at radius 3 is 2.81 bits per heavy atom. The number of carbonyl (C=O) groups is 1. The van der Waals surface area contributed by atoms with Crippen molar-refractivity contribution in [2.24, 2.45) is 5.92 Å². The number of hydrogen-bond donors (Lipinski definition) is 2. The van der Waals surface area contributed by atoms with E-state index in [-0.39, 0.29) is 12.5 Å². The molecule has 1 aromatic heterocycles. The predicted molar refractivity (Wildman–Crippen MR) is 78.8 cm³/mol. The van der Waals surface area contributed by atoms with Gasteiger partial charge in [0.15, 0.2) is 0 Å². The highest BCUT2D eigenvalue weighted by atomic mass is 32.2. The Hall–Kier alpha value is -1.41. The van der Waals surface area contributed by atoms with Crippen molar-refractivity contribution in [3.63, 3.8) is 0 Å². The molecule has 0 saturated heterocycles. The van der Waals surface area contributed by atoms with E-state index in [0.717, 1.165) is 17.5 Å². The van der Waals surface area contributed by atoms with Gasteiger partial charge in [-0.2, -0.15) is 5.10 Å². The molecule has 2 rings (SSSR count). The molecule has 1 aliphatic heterocycles. The van der Waals surface area contributed by atoms with Gasteiger partial charge in [0, 0.05) is 18.5 Å². The summed E-state index contributed by atoms with van der Waals surface area (Å²) in [6.07, 6.45) is 2.38. The maximum Gasteiger partial charge on any atom is 0.223 e. The van der Waals surface area contributed by atoms with Gasteiger partial charge in [0.1, 0.15) is 0 Å². The van der Waals surface area contributed by atoms with Crippen molar-refractivity contribution in [1.29, 1.82) is 0 Å². The van der Waals surface area contributed by atoms with Crippen LogP contribution in [0.1, 0.15) is 37.2 Å². The van der Waals surface area contributed by atoms with E-state index in [0.29, 0.717) is 37.5 Å². The normalized spacial score (nSPS) is 15.3. The minimum absolute atomic E-state index is 0.154. The summed E-state index contributed by atoms with van der Waals surface area (Å²) in [6, 6.07) is 0. The van der Waals surface area contributed by atoms with Crippen LogP contribution in [-0.2, 0) is 34.3 Å². The monoisotopic (exact) mass is 314 g/mol. The Labute approximate surface area is 125 Å². The van der Waals surface area contributed by atoms with Crippen LogP contribution < -0.4 is 4.72 Å². The molecule has 118 valence electrons. The number of sulfonamides is 1. The number of H-pyrrole nitrogens is 1. The summed E-state index contributed by atoms with van der Waals surface area (Å²) in [5.74, 6) is 0.497. The zero-order valence-corrected chi connectivity index (χ0v) is 13.5. The van der Waals surface area contributed by atoms with Crippen LogP contribution in [0.4, 0.5) is 0 Å². The fourth-order valence-corrected chi connectivity index (χ4v) is 2.82. The lowest BCUT2D eigenvalue weighted by Gasteiger charge is -2.27. The molecule has 0 aromatic carbocycles. The molecule has 2 N–H and O–H groups in total. The Morgan fingerprint density at radius 1 is 1.48 bits per heavy atom. The minimum atomic E-state index is -3.23. The lowest BCUT2D eigenvalue weighted by atomic mass is 10.0. The molecule has 1 aromatic rings. The number of aromatic amines is 1. The van der Waals surface area contributed by atoms with Crippen LogP contribution in [0.15, 0.2) is 0 Å². The van der Waals surface area contributed by atoms with Crippen LogP contribution >= 0.6 is 0 Å². The number of nitrogens with one attached hydrogen (secondary N) is 2. The number of carbonyl (C=O) groups excluding carboxylic acids is 1. The highest BCUT2D eigenvalue weighted by molar-refractivity contribution is 7.88. The van der Waals surface area contributed by atoms with Gasteiger partial charge < -0.3 is 4.90 Å². The first-order chi connectivity index (χ1) is 9.76. The predicted octanol–water partition coefficient (Wildman–Crippen LogP) is 0.390. The molecule has 1 amide bonds. The van der Waals surface area contributed by atoms with Gasteiger partial charge in [-0.05, 0) is 12.3 Å². The molecule has 0 radical (unpaired) electrons. The Balaban J connectivity index is 2.03. The number of rotatable bonds is 5. The Morgan fingerprint density at radius 2 is 2.19 bits per heavy atom. The number of nitrogens with zero attached hydrogens (tertiary/aromatic N) is 2. The van der Waals surface area contributed by atoms with Gasteiger partial charge in [-0.15, -0.1) is 0 Å². The van der Waals surface area contributed by atoms with Gasteiger partial charge in [-0.3, -0.25) is 9.89 Å². The molecule has 7 nitrogen and oxygen atoms in total. The molecule has 0 aliphatic carbocycles. The van der Waals surface area contributed by atoms with E-state index in [2.05, 4.69) is 14.9 Å². The zero-order chi connectivity index (χ0) is 15.6. The summed E-state index contributed by atoms with van der Waals surface area (Å²) in [4.78, 5) is 13.9. The van der Waals surface area contributed by atoms with Gasteiger partial charge in [-0.25, -0.2) is 13.1 Å². The summed E-state index contributed by atoms with van der Waals surface area (Å²) in [7, 11) is -3.23. The van der Waals surface area contributed by atoms with Crippen molar-refractivity contribution in [3.8, 4) is 0 Å². The minimum Gasteiger partial charge on any atom is -0.336 e. The molecule has 2 heterocycles. The van der Waals surface area contributed by atoms with Crippen molar-refractivity contribution in [3.05, 3.63) is 17.0 Å². The van der Waals surface area contributed by atoms with Crippen molar-refractivity contribution < 1.29 is 13.2 Å². The topological polar surface area (TPSA) is 95.2 Å². The lowest BCUT2D eigenvalue weighted by molar-refractivity contribution is -0.132. The fraction of sp³-hybridized carbons (Fsp3) is 0.692. The summed E-state index contributed by atoms with van der Waals surface area (Å²) in [6.45, 7) is 5.41. The van der Waals surface area contributed by atoms with Crippen LogP contribution in [0, 0.1) is 5.92 Å². The first kappa shape index (κ1) is 16.0. The third kappa shape index (κ3) is 4.28. The molecule has 0 atom stereocenters. The summed E-state index contributed by atoms with van der Waals surface area (Å²) in [5, 5.41) is 7.09. The first-order valence-electron chi connectivity index (χ1n) is 7.03. The molecule has 21 heavy (non-hydrogen) atoms. The molecular formula is C13H22N4O3S. The molecule has 0 unspecified atom stereocenters. The van der Waals surface area contributed by atoms with Crippen molar-refractivity contribution in [1.82, 2.24) is 19.8 Å². The zero-order valence-electron chi connectivity index (χ0n) is 12.6. The van der Waals surface area contributed by atoms with E-state index >= 15 is 0 Å². The van der Waals surface area contributed by atoms with Crippen LogP contribution in [0.2, 0.25) is 0 Å². The Bertz CT molecular complexity index is 621. The second-order valence-electron chi connectivity index (χ2n) is 5.88. The standard InChI is InChI=1S/C13H22N4O3S/c1-9(2)6-13(18)17-5-4-10-11(7-14-21(3,19)20)15-16-12(10)8-17/h9,14H,4-8H2,1-3H3,(H,15,16). The lowest BCUT2D eigenvalue weighted by Crippen LogP contribution is -2.36. The van der Waals surface area contributed by atoms with Crippen LogP contribution in [0.3, 0.4) is 0 Å². The van der Waals surface area contributed by atoms with E-state index in [1.165, 1.54) is 0 Å². The number of amides is 1. The van der Waals surface area contributed by atoms with Crippen LogP contribution in [0.25, 0.3) is 0 Å². The molecule has 8 heteroatoms. The highest BCUT2D eigenvalue weighted by Gasteiger charge is 2.25. The van der Waals surface area contributed by atoms with Crippen LogP contribution in [0.5, 0.6) is 0 Å². The third-order valence-corrected chi connectivity index (χ3v) is 4.13.